The number of nitro groups is 1. The highest BCUT2D eigenvalue weighted by atomic mass is 16.6. The Hall–Kier alpha value is -4.54. The largest absolute Gasteiger partial charge is 0.463 e. The number of benzene rings is 1. The van der Waals surface area contributed by atoms with Gasteiger partial charge in [-0.1, -0.05) is 6.07 Å². The second kappa shape index (κ2) is 7.86. The van der Waals surface area contributed by atoms with E-state index in [0.29, 0.717) is 35.6 Å². The van der Waals surface area contributed by atoms with Crippen molar-refractivity contribution in [2.24, 2.45) is 0 Å². The maximum atomic E-state index is 13.1. The Labute approximate surface area is 186 Å². The monoisotopic (exact) mass is 446 g/mol. The second-order valence-electron chi connectivity index (χ2n) is 7.63. The summed E-state index contributed by atoms with van der Waals surface area (Å²) in [6.45, 7) is 1.51. The Morgan fingerprint density at radius 3 is 2.88 bits per heavy atom. The van der Waals surface area contributed by atoms with Crippen LogP contribution in [-0.4, -0.2) is 30.6 Å². The number of aromatic nitrogens is 4. The number of fused-ring (bicyclic) bond motifs is 1. The summed E-state index contributed by atoms with van der Waals surface area (Å²) in [5.74, 6) is 0.272. The van der Waals surface area contributed by atoms with Crippen molar-refractivity contribution in [3.05, 3.63) is 85.5 Å². The smallest absolute Gasteiger partial charge is 0.273 e. The Morgan fingerprint density at radius 2 is 2.12 bits per heavy atom. The summed E-state index contributed by atoms with van der Waals surface area (Å²) < 4.78 is 6.74. The van der Waals surface area contributed by atoms with Gasteiger partial charge >= 0.3 is 0 Å². The number of furan rings is 1. The third kappa shape index (κ3) is 3.59. The molecule has 4 aromatic rings. The van der Waals surface area contributed by atoms with Gasteiger partial charge in [0.05, 0.1) is 16.9 Å². The lowest BCUT2D eigenvalue weighted by Crippen LogP contribution is -2.21. The molecule has 0 bridgehead atoms. The molecule has 11 nitrogen and oxygen atoms in total. The fraction of sp³-hybridized carbons (Fsp3) is 0.182. The molecule has 0 saturated carbocycles. The summed E-state index contributed by atoms with van der Waals surface area (Å²) >= 11 is 0. The van der Waals surface area contributed by atoms with Crippen LogP contribution in [0, 0.1) is 17.0 Å². The first kappa shape index (κ1) is 20.4. The summed E-state index contributed by atoms with van der Waals surface area (Å²) in [5.41, 5.74) is 1.76. The molecule has 0 fully saturated rings. The molecule has 0 spiro atoms. The van der Waals surface area contributed by atoms with E-state index in [4.69, 9.17) is 4.42 Å². The van der Waals surface area contributed by atoms with E-state index < -0.39 is 10.8 Å². The number of carbonyl (C=O) groups excluding carboxylic acids is 1. The molecule has 0 unspecified atom stereocenters. The number of rotatable bonds is 5. The maximum Gasteiger partial charge on any atom is 0.273 e. The van der Waals surface area contributed by atoms with Crippen LogP contribution < -0.4 is 10.9 Å². The molecule has 0 atom stereocenters. The average molecular weight is 446 g/mol. The number of H-pyrrole nitrogens is 1. The van der Waals surface area contributed by atoms with Crippen LogP contribution in [0.15, 0.2) is 51.9 Å². The normalized spacial score (nSPS) is 12.5. The van der Waals surface area contributed by atoms with Gasteiger partial charge in [0.25, 0.3) is 17.2 Å². The number of aromatic amines is 1. The van der Waals surface area contributed by atoms with Crippen LogP contribution in [0.4, 0.5) is 11.5 Å². The van der Waals surface area contributed by atoms with Gasteiger partial charge < -0.3 is 9.73 Å². The van der Waals surface area contributed by atoms with E-state index in [0.717, 1.165) is 6.42 Å². The first-order valence-electron chi connectivity index (χ1n) is 10.2. The number of aryl methyl sites for hydroxylation is 1. The lowest BCUT2D eigenvalue weighted by Gasteiger charge is -2.10. The van der Waals surface area contributed by atoms with E-state index in [1.807, 2.05) is 0 Å². The van der Waals surface area contributed by atoms with E-state index in [2.05, 4.69) is 20.4 Å². The van der Waals surface area contributed by atoms with Gasteiger partial charge in [0, 0.05) is 28.8 Å². The van der Waals surface area contributed by atoms with Crippen LogP contribution in [0.3, 0.4) is 0 Å². The van der Waals surface area contributed by atoms with Crippen LogP contribution in [0.25, 0.3) is 17.4 Å². The first-order valence-corrected chi connectivity index (χ1v) is 10.2. The number of nitrogens with zero attached hydrogens (tertiary/aromatic N) is 4. The zero-order chi connectivity index (χ0) is 23.1. The van der Waals surface area contributed by atoms with Crippen LogP contribution in [0.1, 0.15) is 33.6 Å². The maximum absolute atomic E-state index is 13.1. The fourth-order valence-corrected chi connectivity index (χ4v) is 3.96. The number of anilines is 1. The van der Waals surface area contributed by atoms with Crippen molar-refractivity contribution in [2.75, 3.05) is 5.32 Å². The molecular weight excluding hydrogens is 428 g/mol. The minimum Gasteiger partial charge on any atom is -0.463 e. The Kier molecular flexibility index (Phi) is 4.85. The van der Waals surface area contributed by atoms with Crippen molar-refractivity contribution in [1.82, 2.24) is 19.7 Å². The van der Waals surface area contributed by atoms with Crippen LogP contribution in [0.2, 0.25) is 0 Å². The van der Waals surface area contributed by atoms with Crippen LogP contribution >= 0.6 is 0 Å². The van der Waals surface area contributed by atoms with Gasteiger partial charge in [0.15, 0.2) is 5.76 Å². The number of hydrogen-bond acceptors (Lipinski definition) is 7. The van der Waals surface area contributed by atoms with E-state index in [-0.39, 0.29) is 34.1 Å². The van der Waals surface area contributed by atoms with Crippen molar-refractivity contribution in [3.8, 4) is 17.4 Å². The third-order valence-electron chi connectivity index (χ3n) is 5.60. The summed E-state index contributed by atoms with van der Waals surface area (Å²) in [7, 11) is 0. The minimum absolute atomic E-state index is 0.145. The average Bonchev–Trinajstić information content (AvgIpc) is 3.54. The number of amides is 1. The molecule has 3 heterocycles. The Morgan fingerprint density at radius 1 is 1.27 bits per heavy atom. The molecule has 2 N–H and O–H groups in total. The highest BCUT2D eigenvalue weighted by Gasteiger charge is 2.23. The minimum atomic E-state index is -0.563. The molecule has 0 saturated heterocycles. The van der Waals surface area contributed by atoms with Crippen molar-refractivity contribution >= 4 is 17.4 Å². The summed E-state index contributed by atoms with van der Waals surface area (Å²) in [5, 5.41) is 18.5. The van der Waals surface area contributed by atoms with Gasteiger partial charge in [-0.3, -0.25) is 24.7 Å². The number of nitrogens with one attached hydrogen (secondary N) is 2. The van der Waals surface area contributed by atoms with E-state index in [1.54, 1.807) is 18.2 Å². The van der Waals surface area contributed by atoms with Gasteiger partial charge in [0.1, 0.15) is 11.5 Å². The standard InChI is InChI=1S/C22H18N6O5/c1-12-13(5-3-8-17(12)28(31)32)20(29)24-19-11-16(18-9-4-10-33-18)26-27(19)22-23-15-7-2-6-14(15)21(30)25-22/h3-5,8-11H,2,6-7H2,1H3,(H,24,29)(H,23,25,30). The number of hydrogen-bond donors (Lipinski definition) is 2. The van der Waals surface area contributed by atoms with Crippen LogP contribution in [-0.2, 0) is 12.8 Å². The molecule has 166 valence electrons. The van der Waals surface area contributed by atoms with Crippen LogP contribution in [0.5, 0.6) is 0 Å². The van der Waals surface area contributed by atoms with E-state index in [1.165, 1.54) is 36.1 Å². The third-order valence-corrected chi connectivity index (χ3v) is 5.60. The molecular formula is C22H18N6O5. The van der Waals surface area contributed by atoms with Crippen molar-refractivity contribution in [3.63, 3.8) is 0 Å². The van der Waals surface area contributed by atoms with Crippen molar-refractivity contribution < 1.29 is 14.1 Å². The van der Waals surface area contributed by atoms with Gasteiger partial charge in [-0.15, -0.1) is 0 Å². The summed E-state index contributed by atoms with van der Waals surface area (Å²) in [4.78, 5) is 43.6. The molecule has 33 heavy (non-hydrogen) atoms. The topological polar surface area (TPSA) is 149 Å². The molecule has 1 amide bonds. The quantitative estimate of drug-likeness (QED) is 0.353. The Balaban J connectivity index is 1.59. The SMILES string of the molecule is Cc1c(C(=O)Nc2cc(-c3ccco3)nn2-c2nc3c(c(=O)[nH]2)CCC3)cccc1[N+](=O)[O-]. The van der Waals surface area contributed by atoms with Crippen molar-refractivity contribution in [1.29, 1.82) is 0 Å². The first-order chi connectivity index (χ1) is 15.9. The number of carbonyl (C=O) groups is 1. The molecule has 3 aromatic heterocycles. The highest BCUT2D eigenvalue weighted by Crippen LogP contribution is 2.27. The van der Waals surface area contributed by atoms with Gasteiger partial charge in [-0.05, 0) is 44.4 Å². The van der Waals surface area contributed by atoms with Gasteiger partial charge in [0.2, 0.25) is 5.95 Å². The predicted molar refractivity (Wildman–Crippen MR) is 117 cm³/mol. The second-order valence-corrected chi connectivity index (χ2v) is 7.63. The molecule has 5 rings (SSSR count). The van der Waals surface area contributed by atoms with Gasteiger partial charge in [-0.25, -0.2) is 4.98 Å². The highest BCUT2D eigenvalue weighted by molar-refractivity contribution is 6.05. The molecule has 1 aliphatic carbocycles. The molecule has 11 heteroatoms. The van der Waals surface area contributed by atoms with Crippen molar-refractivity contribution in [2.45, 2.75) is 26.2 Å². The summed E-state index contributed by atoms with van der Waals surface area (Å²) in [6.07, 6.45) is 3.70. The summed E-state index contributed by atoms with van der Waals surface area (Å²) in [6, 6.07) is 9.28. The zero-order valence-electron chi connectivity index (χ0n) is 17.5. The number of nitro benzene ring substituents is 1. The lowest BCUT2D eigenvalue weighted by molar-refractivity contribution is -0.385. The fourth-order valence-electron chi connectivity index (χ4n) is 3.96. The van der Waals surface area contributed by atoms with Gasteiger partial charge in [-0.2, -0.15) is 9.78 Å². The van der Waals surface area contributed by atoms with E-state index >= 15 is 0 Å². The zero-order valence-corrected chi connectivity index (χ0v) is 17.5. The lowest BCUT2D eigenvalue weighted by atomic mass is 10.1. The molecule has 1 aliphatic rings. The Bertz CT molecular complexity index is 1450. The molecule has 1 aromatic carbocycles. The van der Waals surface area contributed by atoms with E-state index in [9.17, 15) is 19.7 Å². The molecule has 0 radical (unpaired) electrons. The predicted octanol–water partition coefficient (Wildman–Crippen LogP) is 3.17. The molecule has 0 aliphatic heterocycles.